The quantitative estimate of drug-likeness (QED) is 0.777. The van der Waals surface area contributed by atoms with Crippen molar-refractivity contribution in [3.8, 4) is 0 Å². The fourth-order valence-electron chi connectivity index (χ4n) is 6.52. The predicted molar refractivity (Wildman–Crippen MR) is 87.0 cm³/mol. The van der Waals surface area contributed by atoms with E-state index >= 15 is 0 Å². The van der Waals surface area contributed by atoms with Crippen LogP contribution in [-0.2, 0) is 0 Å². The highest BCUT2D eigenvalue weighted by Crippen LogP contribution is 2.62. The first-order valence-electron chi connectivity index (χ1n) is 9.04. The lowest BCUT2D eigenvalue weighted by Gasteiger charge is -2.59. The molecule has 1 heterocycles. The van der Waals surface area contributed by atoms with E-state index in [1.165, 1.54) is 38.5 Å². The number of rotatable bonds is 2. The van der Waals surface area contributed by atoms with Crippen molar-refractivity contribution in [2.45, 2.75) is 51.5 Å². The van der Waals surface area contributed by atoms with Crippen molar-refractivity contribution < 1.29 is 9.59 Å². The Morgan fingerprint density at radius 3 is 1.78 bits per heavy atom. The van der Waals surface area contributed by atoms with Crippen LogP contribution in [0.5, 0.6) is 0 Å². The SMILES string of the molecule is C[C@@H](N1C(=O)c2ccccc2C1=O)C12CC3CC(CC(C3)C1)C2. The molecule has 1 aromatic carbocycles. The third kappa shape index (κ3) is 1.76. The summed E-state index contributed by atoms with van der Waals surface area (Å²) in [6, 6.07) is 7.32. The largest absolute Gasteiger partial charge is 0.271 e. The van der Waals surface area contributed by atoms with E-state index < -0.39 is 0 Å². The van der Waals surface area contributed by atoms with Gasteiger partial charge in [0.05, 0.1) is 11.1 Å². The van der Waals surface area contributed by atoms with Gasteiger partial charge in [-0.3, -0.25) is 14.5 Å². The Balaban J connectivity index is 1.51. The summed E-state index contributed by atoms with van der Waals surface area (Å²) >= 11 is 0. The molecule has 1 aromatic rings. The van der Waals surface area contributed by atoms with Crippen LogP contribution in [0.15, 0.2) is 24.3 Å². The molecular weight excluding hydrogens is 286 g/mol. The summed E-state index contributed by atoms with van der Waals surface area (Å²) in [6.07, 6.45) is 7.80. The van der Waals surface area contributed by atoms with Crippen LogP contribution in [0.4, 0.5) is 0 Å². The van der Waals surface area contributed by atoms with E-state index in [0.29, 0.717) is 11.1 Å². The second kappa shape index (κ2) is 4.46. The number of amides is 2. The minimum atomic E-state index is -0.0751. The molecule has 0 unspecified atom stereocenters. The van der Waals surface area contributed by atoms with Crippen LogP contribution in [0, 0.1) is 23.2 Å². The van der Waals surface area contributed by atoms with Gasteiger partial charge in [0.25, 0.3) is 11.8 Å². The van der Waals surface area contributed by atoms with Crippen molar-refractivity contribution in [3.63, 3.8) is 0 Å². The van der Waals surface area contributed by atoms with Gasteiger partial charge < -0.3 is 0 Å². The molecule has 1 atom stereocenters. The van der Waals surface area contributed by atoms with Crippen molar-refractivity contribution in [1.82, 2.24) is 4.90 Å². The second-order valence-electron chi connectivity index (χ2n) is 8.48. The molecule has 0 N–H and O–H groups in total. The van der Waals surface area contributed by atoms with E-state index in [0.717, 1.165) is 17.8 Å². The van der Waals surface area contributed by atoms with Crippen molar-refractivity contribution in [1.29, 1.82) is 0 Å². The molecule has 2 amide bonds. The lowest BCUT2D eigenvalue weighted by molar-refractivity contribution is -0.0849. The average molecular weight is 309 g/mol. The van der Waals surface area contributed by atoms with Crippen LogP contribution in [-0.4, -0.2) is 22.8 Å². The van der Waals surface area contributed by atoms with Crippen molar-refractivity contribution in [2.75, 3.05) is 0 Å². The Kier molecular flexibility index (Phi) is 2.67. The molecule has 4 bridgehead atoms. The summed E-state index contributed by atoms with van der Waals surface area (Å²) in [7, 11) is 0. The Morgan fingerprint density at radius 1 is 0.913 bits per heavy atom. The van der Waals surface area contributed by atoms with E-state index in [4.69, 9.17) is 0 Å². The summed E-state index contributed by atoms with van der Waals surface area (Å²) in [6.45, 7) is 2.13. The monoisotopic (exact) mass is 309 g/mol. The van der Waals surface area contributed by atoms with E-state index in [-0.39, 0.29) is 23.3 Å². The highest BCUT2D eigenvalue weighted by molar-refractivity contribution is 6.21. The number of carbonyl (C=O) groups is 2. The summed E-state index contributed by atoms with van der Waals surface area (Å²) in [5, 5.41) is 0. The molecule has 0 spiro atoms. The van der Waals surface area contributed by atoms with Gasteiger partial charge in [-0.15, -0.1) is 0 Å². The first-order chi connectivity index (χ1) is 11.1. The Labute approximate surface area is 137 Å². The Hall–Kier alpha value is -1.64. The van der Waals surface area contributed by atoms with Gasteiger partial charge in [0, 0.05) is 6.04 Å². The maximum Gasteiger partial charge on any atom is 0.261 e. The molecule has 3 nitrogen and oxygen atoms in total. The fraction of sp³-hybridized carbons (Fsp3) is 0.600. The van der Waals surface area contributed by atoms with Crippen molar-refractivity contribution in [3.05, 3.63) is 35.4 Å². The number of hydrogen-bond acceptors (Lipinski definition) is 2. The third-order valence-electron chi connectivity index (χ3n) is 7.18. The predicted octanol–water partition coefficient (Wildman–Crippen LogP) is 3.89. The van der Waals surface area contributed by atoms with Crippen LogP contribution in [0.25, 0.3) is 0 Å². The summed E-state index contributed by atoms with van der Waals surface area (Å²) < 4.78 is 0. The fourth-order valence-corrected chi connectivity index (χ4v) is 6.52. The molecule has 5 aliphatic rings. The van der Waals surface area contributed by atoms with Crippen LogP contribution < -0.4 is 0 Å². The maximum atomic E-state index is 12.8. The van der Waals surface area contributed by atoms with E-state index in [2.05, 4.69) is 6.92 Å². The lowest BCUT2D eigenvalue weighted by atomic mass is 9.47. The number of benzene rings is 1. The molecule has 120 valence electrons. The molecule has 23 heavy (non-hydrogen) atoms. The van der Waals surface area contributed by atoms with Gasteiger partial charge in [-0.1, -0.05) is 12.1 Å². The van der Waals surface area contributed by atoms with Gasteiger partial charge in [0.1, 0.15) is 0 Å². The molecule has 0 saturated heterocycles. The van der Waals surface area contributed by atoms with Gasteiger partial charge in [0.2, 0.25) is 0 Å². The molecule has 0 aromatic heterocycles. The molecular formula is C20H23NO2. The molecule has 4 fully saturated rings. The zero-order valence-corrected chi connectivity index (χ0v) is 13.6. The number of hydrogen-bond donors (Lipinski definition) is 0. The van der Waals surface area contributed by atoms with Crippen LogP contribution in [0.3, 0.4) is 0 Å². The van der Waals surface area contributed by atoms with Crippen molar-refractivity contribution >= 4 is 11.8 Å². The van der Waals surface area contributed by atoms with Gasteiger partial charge in [0.15, 0.2) is 0 Å². The van der Waals surface area contributed by atoms with E-state index in [1.54, 1.807) is 17.0 Å². The number of fused-ring (bicyclic) bond motifs is 1. The van der Waals surface area contributed by atoms with E-state index in [1.807, 2.05) is 12.1 Å². The molecule has 4 saturated carbocycles. The maximum absolute atomic E-state index is 12.8. The second-order valence-corrected chi connectivity index (χ2v) is 8.48. The first-order valence-corrected chi connectivity index (χ1v) is 9.04. The molecule has 4 aliphatic carbocycles. The smallest absolute Gasteiger partial charge is 0.261 e. The number of carbonyl (C=O) groups excluding carboxylic acids is 2. The van der Waals surface area contributed by atoms with Gasteiger partial charge >= 0.3 is 0 Å². The first kappa shape index (κ1) is 13.8. The average Bonchev–Trinajstić information content (AvgIpc) is 2.77. The zero-order chi connectivity index (χ0) is 15.8. The topological polar surface area (TPSA) is 37.4 Å². The van der Waals surface area contributed by atoms with E-state index in [9.17, 15) is 9.59 Å². The highest BCUT2D eigenvalue weighted by Gasteiger charge is 2.56. The van der Waals surface area contributed by atoms with Crippen molar-refractivity contribution in [2.24, 2.45) is 23.2 Å². The normalized spacial score (nSPS) is 39.0. The molecule has 0 radical (unpaired) electrons. The molecule has 6 rings (SSSR count). The minimum absolute atomic E-state index is 0.0308. The van der Waals surface area contributed by atoms with Crippen LogP contribution >= 0.6 is 0 Å². The summed E-state index contributed by atoms with van der Waals surface area (Å²) in [4.78, 5) is 27.3. The number of imide groups is 1. The Morgan fingerprint density at radius 2 is 1.35 bits per heavy atom. The summed E-state index contributed by atoms with van der Waals surface area (Å²) in [5.74, 6) is 2.35. The minimum Gasteiger partial charge on any atom is -0.271 e. The standard InChI is InChI=1S/C20H23NO2/c1-12(20-9-13-6-14(10-20)8-15(7-13)11-20)21-18(22)16-4-2-3-5-17(16)19(21)23/h2-5,12-15H,6-11H2,1H3/t12-,13?,14?,15?,20?/m1/s1. The van der Waals surface area contributed by atoms with Crippen LogP contribution in [0.2, 0.25) is 0 Å². The number of nitrogens with zero attached hydrogens (tertiary/aromatic N) is 1. The van der Waals surface area contributed by atoms with Crippen LogP contribution in [0.1, 0.15) is 66.2 Å². The highest BCUT2D eigenvalue weighted by atomic mass is 16.2. The van der Waals surface area contributed by atoms with Gasteiger partial charge in [-0.05, 0) is 80.8 Å². The molecule has 1 aliphatic heterocycles. The van der Waals surface area contributed by atoms with Gasteiger partial charge in [-0.2, -0.15) is 0 Å². The zero-order valence-electron chi connectivity index (χ0n) is 13.6. The molecule has 3 heteroatoms. The third-order valence-corrected chi connectivity index (χ3v) is 7.18. The Bertz CT molecular complexity index is 637. The van der Waals surface area contributed by atoms with Gasteiger partial charge in [-0.25, -0.2) is 0 Å². The summed E-state index contributed by atoms with van der Waals surface area (Å²) in [5.41, 5.74) is 1.37. The lowest BCUT2D eigenvalue weighted by Crippen LogP contribution is -2.57.